The lowest BCUT2D eigenvalue weighted by molar-refractivity contribution is 0.0954. The lowest BCUT2D eigenvalue weighted by Crippen LogP contribution is -2.48. The minimum absolute atomic E-state index is 0.169. The van der Waals surface area contributed by atoms with Gasteiger partial charge in [0.2, 0.25) is 0 Å². The van der Waals surface area contributed by atoms with Crippen LogP contribution in [0.1, 0.15) is 31.1 Å². The summed E-state index contributed by atoms with van der Waals surface area (Å²) in [5.41, 5.74) is 0.491. The van der Waals surface area contributed by atoms with Crippen molar-refractivity contribution in [2.45, 2.75) is 32.9 Å². The normalized spacial score (nSPS) is 21.1. The van der Waals surface area contributed by atoms with Gasteiger partial charge in [0.05, 0.1) is 10.6 Å². The Labute approximate surface area is 161 Å². The van der Waals surface area contributed by atoms with Crippen molar-refractivity contribution in [3.8, 4) is 0 Å². The molecule has 1 aromatic carbocycles. The third kappa shape index (κ3) is 5.61. The molecule has 0 bridgehead atoms. The third-order valence-electron chi connectivity index (χ3n) is 4.74. The number of amides is 1. The predicted octanol–water partition coefficient (Wildman–Crippen LogP) is 1.96. The molecule has 1 aliphatic heterocycles. The van der Waals surface area contributed by atoms with Gasteiger partial charge in [0.15, 0.2) is 5.96 Å². The van der Waals surface area contributed by atoms with E-state index in [9.17, 15) is 4.79 Å². The number of hydrogen-bond donors (Lipinski definition) is 3. The van der Waals surface area contributed by atoms with Crippen LogP contribution in [0.2, 0.25) is 5.02 Å². The Balaban J connectivity index is 1.74. The molecule has 1 fully saturated rings. The van der Waals surface area contributed by atoms with Gasteiger partial charge in [-0.2, -0.15) is 0 Å². The molecule has 3 N–H and O–H groups in total. The summed E-state index contributed by atoms with van der Waals surface area (Å²) in [6.45, 7) is 9.90. The second kappa shape index (κ2) is 9.78. The second-order valence-electron chi connectivity index (χ2n) is 7.01. The highest BCUT2D eigenvalue weighted by atomic mass is 35.5. The molecule has 1 aliphatic rings. The van der Waals surface area contributed by atoms with Crippen molar-refractivity contribution >= 4 is 23.5 Å². The van der Waals surface area contributed by atoms with Gasteiger partial charge in [0.25, 0.3) is 5.91 Å². The lowest BCUT2D eigenvalue weighted by Gasteiger charge is -2.22. The number of likely N-dealkylation sites (tertiary alicyclic amines) is 1. The van der Waals surface area contributed by atoms with Crippen molar-refractivity contribution in [2.75, 3.05) is 33.2 Å². The monoisotopic (exact) mass is 379 g/mol. The maximum Gasteiger partial charge on any atom is 0.252 e. The maximum atomic E-state index is 12.1. The van der Waals surface area contributed by atoms with E-state index in [-0.39, 0.29) is 5.91 Å². The number of carbonyl (C=O) groups excluding carboxylic acids is 1. The van der Waals surface area contributed by atoms with Crippen molar-refractivity contribution in [3.63, 3.8) is 0 Å². The third-order valence-corrected chi connectivity index (χ3v) is 5.07. The molecule has 2 rings (SSSR count). The smallest absolute Gasteiger partial charge is 0.252 e. The number of guanidine groups is 1. The maximum absolute atomic E-state index is 12.1. The average Bonchev–Trinajstić information content (AvgIpc) is 2.98. The molecule has 0 radical (unpaired) electrons. The molecule has 2 atom stereocenters. The number of nitrogens with one attached hydrogen (secondary N) is 3. The summed E-state index contributed by atoms with van der Waals surface area (Å²) in [6, 6.07) is 7.96. The highest BCUT2D eigenvalue weighted by Crippen LogP contribution is 2.18. The van der Waals surface area contributed by atoms with E-state index in [1.54, 1.807) is 31.3 Å². The van der Waals surface area contributed by atoms with E-state index < -0.39 is 0 Å². The standard InChI is InChI=1S/C19H30ClN5O/c1-13(2)25-11-14(3)17(12-25)24-19(21-4)23-10-9-22-18(26)15-7-5-6-8-16(15)20/h5-8,13-14,17H,9-12H2,1-4H3,(H,22,26)(H2,21,23,24). The Bertz CT molecular complexity index is 634. The molecule has 0 aliphatic carbocycles. The van der Waals surface area contributed by atoms with E-state index >= 15 is 0 Å². The van der Waals surface area contributed by atoms with Crippen molar-refractivity contribution in [1.29, 1.82) is 0 Å². The van der Waals surface area contributed by atoms with Gasteiger partial charge in [-0.15, -0.1) is 0 Å². The van der Waals surface area contributed by atoms with Crippen LogP contribution >= 0.6 is 11.6 Å². The Kier molecular flexibility index (Phi) is 7.72. The molecule has 0 spiro atoms. The number of aliphatic imine (C=N–C) groups is 1. The SMILES string of the molecule is CN=C(NCCNC(=O)c1ccccc1Cl)NC1CN(C(C)C)CC1C. The topological polar surface area (TPSA) is 68.8 Å². The van der Waals surface area contributed by atoms with E-state index in [2.05, 4.69) is 46.6 Å². The highest BCUT2D eigenvalue weighted by Gasteiger charge is 2.31. The van der Waals surface area contributed by atoms with Crippen molar-refractivity contribution in [3.05, 3.63) is 34.9 Å². The first-order valence-corrected chi connectivity index (χ1v) is 9.54. The quantitative estimate of drug-likeness (QED) is 0.401. The van der Waals surface area contributed by atoms with E-state index in [4.69, 9.17) is 11.6 Å². The van der Waals surface area contributed by atoms with Crippen LogP contribution in [0.25, 0.3) is 0 Å². The molecule has 1 amide bonds. The molecule has 0 aromatic heterocycles. The van der Waals surface area contributed by atoms with E-state index in [0.717, 1.165) is 19.0 Å². The molecule has 1 aromatic rings. The molecule has 0 saturated carbocycles. The summed E-state index contributed by atoms with van der Waals surface area (Å²) in [7, 11) is 1.76. The summed E-state index contributed by atoms with van der Waals surface area (Å²) < 4.78 is 0. The highest BCUT2D eigenvalue weighted by molar-refractivity contribution is 6.33. The van der Waals surface area contributed by atoms with Crippen LogP contribution in [-0.4, -0.2) is 62.1 Å². The first-order valence-electron chi connectivity index (χ1n) is 9.16. The molecule has 1 heterocycles. The number of nitrogens with zero attached hydrogens (tertiary/aromatic N) is 2. The fourth-order valence-electron chi connectivity index (χ4n) is 3.08. The summed E-state index contributed by atoms with van der Waals surface area (Å²) in [4.78, 5) is 18.9. The summed E-state index contributed by atoms with van der Waals surface area (Å²) >= 11 is 6.04. The largest absolute Gasteiger partial charge is 0.355 e. The fraction of sp³-hybridized carbons (Fsp3) is 0.579. The van der Waals surface area contributed by atoms with Crippen molar-refractivity contribution in [2.24, 2.45) is 10.9 Å². The second-order valence-corrected chi connectivity index (χ2v) is 7.42. The average molecular weight is 380 g/mol. The van der Waals surface area contributed by atoms with Crippen LogP contribution < -0.4 is 16.0 Å². The van der Waals surface area contributed by atoms with E-state index in [1.165, 1.54) is 0 Å². The van der Waals surface area contributed by atoms with Crippen LogP contribution in [-0.2, 0) is 0 Å². The van der Waals surface area contributed by atoms with Gasteiger partial charge in [-0.05, 0) is 31.9 Å². The van der Waals surface area contributed by atoms with E-state index in [0.29, 0.717) is 41.7 Å². The molecule has 144 valence electrons. The molecule has 1 saturated heterocycles. The first kappa shape index (κ1) is 20.5. The molecular weight excluding hydrogens is 350 g/mol. The fourth-order valence-corrected chi connectivity index (χ4v) is 3.30. The van der Waals surface area contributed by atoms with Crippen LogP contribution in [0.15, 0.2) is 29.3 Å². The van der Waals surface area contributed by atoms with Crippen LogP contribution in [0.3, 0.4) is 0 Å². The predicted molar refractivity (Wildman–Crippen MR) is 108 cm³/mol. The zero-order valence-electron chi connectivity index (χ0n) is 16.1. The Morgan fingerprint density at radius 1 is 1.27 bits per heavy atom. The van der Waals surface area contributed by atoms with Crippen molar-refractivity contribution < 1.29 is 4.79 Å². The molecule has 7 heteroatoms. The number of carbonyl (C=O) groups is 1. The number of hydrogen-bond acceptors (Lipinski definition) is 3. The van der Waals surface area contributed by atoms with Crippen molar-refractivity contribution in [1.82, 2.24) is 20.9 Å². The summed E-state index contributed by atoms with van der Waals surface area (Å²) in [5, 5.41) is 10.1. The number of rotatable bonds is 6. The summed E-state index contributed by atoms with van der Waals surface area (Å²) in [6.07, 6.45) is 0. The minimum atomic E-state index is -0.169. The molecule has 26 heavy (non-hydrogen) atoms. The van der Waals surface area contributed by atoms with Gasteiger partial charge in [-0.25, -0.2) is 0 Å². The van der Waals surface area contributed by atoms with Crippen LogP contribution in [0.5, 0.6) is 0 Å². The van der Waals surface area contributed by atoms with E-state index in [1.807, 2.05) is 0 Å². The van der Waals surface area contributed by atoms with Crippen LogP contribution in [0, 0.1) is 5.92 Å². The van der Waals surface area contributed by atoms with Gasteiger partial charge in [0.1, 0.15) is 0 Å². The Morgan fingerprint density at radius 3 is 2.58 bits per heavy atom. The number of benzene rings is 1. The zero-order chi connectivity index (χ0) is 19.1. The summed E-state index contributed by atoms with van der Waals surface area (Å²) in [5.74, 6) is 1.16. The zero-order valence-corrected chi connectivity index (χ0v) is 16.8. The van der Waals surface area contributed by atoms with Gasteiger partial charge < -0.3 is 16.0 Å². The molecular formula is C19H30ClN5O. The van der Waals surface area contributed by atoms with Gasteiger partial charge >= 0.3 is 0 Å². The number of halogens is 1. The van der Waals surface area contributed by atoms with Gasteiger partial charge in [-0.3, -0.25) is 14.7 Å². The van der Waals surface area contributed by atoms with Gasteiger partial charge in [0, 0.05) is 45.3 Å². The minimum Gasteiger partial charge on any atom is -0.355 e. The van der Waals surface area contributed by atoms with Gasteiger partial charge in [-0.1, -0.05) is 30.7 Å². The molecule has 2 unspecified atom stereocenters. The Hall–Kier alpha value is -1.79. The lowest BCUT2D eigenvalue weighted by atomic mass is 10.1. The molecule has 6 nitrogen and oxygen atoms in total. The Morgan fingerprint density at radius 2 is 1.96 bits per heavy atom. The first-order chi connectivity index (χ1) is 12.4. The van der Waals surface area contributed by atoms with Crippen LogP contribution in [0.4, 0.5) is 0 Å².